The van der Waals surface area contributed by atoms with Gasteiger partial charge in [-0.2, -0.15) is 0 Å². The van der Waals surface area contributed by atoms with E-state index in [1.54, 1.807) is 0 Å². The number of benzene rings is 2. The van der Waals surface area contributed by atoms with Gasteiger partial charge in [0.15, 0.2) is 0 Å². The van der Waals surface area contributed by atoms with E-state index in [9.17, 15) is 9.18 Å². The number of nitrogens with one attached hydrogen (secondary N) is 1. The molecule has 28 heavy (non-hydrogen) atoms. The summed E-state index contributed by atoms with van der Waals surface area (Å²) in [4.78, 5) is 12.4. The maximum absolute atomic E-state index is 13.9. The number of amides is 1. The first kappa shape index (κ1) is 20.0. The van der Waals surface area contributed by atoms with Gasteiger partial charge in [-0.15, -0.1) is 0 Å². The van der Waals surface area contributed by atoms with Crippen LogP contribution in [-0.4, -0.2) is 12.5 Å². The van der Waals surface area contributed by atoms with Crippen molar-refractivity contribution in [2.75, 3.05) is 11.9 Å². The Labute approximate surface area is 167 Å². The Balaban J connectivity index is 1.96. The SMILES string of the molecule is CCOc1cc2oc(C)c(C)c2cc1/C(C)=C/C(=O)Nc1ccc(Cl)cc1F. The second-order valence-corrected chi connectivity index (χ2v) is 6.94. The summed E-state index contributed by atoms with van der Waals surface area (Å²) in [6.07, 6.45) is 1.42. The minimum atomic E-state index is -0.590. The number of rotatable bonds is 5. The lowest BCUT2D eigenvalue weighted by atomic mass is 10.0. The Bertz CT molecular complexity index is 1090. The van der Waals surface area contributed by atoms with Gasteiger partial charge in [0.05, 0.1) is 12.3 Å². The summed E-state index contributed by atoms with van der Waals surface area (Å²) in [5, 5.41) is 3.77. The molecule has 1 amide bonds. The van der Waals surface area contributed by atoms with Gasteiger partial charge in [0.1, 0.15) is 22.9 Å². The van der Waals surface area contributed by atoms with E-state index in [1.807, 2.05) is 39.8 Å². The molecular formula is C22H21ClFNO3. The molecule has 6 heteroatoms. The van der Waals surface area contributed by atoms with Crippen molar-refractivity contribution in [1.29, 1.82) is 0 Å². The number of ether oxygens (including phenoxy) is 1. The van der Waals surface area contributed by atoms with Gasteiger partial charge in [0.2, 0.25) is 5.91 Å². The summed E-state index contributed by atoms with van der Waals surface area (Å²) in [5.41, 5.74) is 3.32. The molecule has 0 fully saturated rings. The third-order valence-electron chi connectivity index (χ3n) is 4.54. The molecule has 1 heterocycles. The highest BCUT2D eigenvalue weighted by atomic mass is 35.5. The van der Waals surface area contributed by atoms with Crippen LogP contribution in [0.2, 0.25) is 5.02 Å². The van der Waals surface area contributed by atoms with Gasteiger partial charge in [0, 0.05) is 28.1 Å². The molecule has 3 rings (SSSR count). The summed E-state index contributed by atoms with van der Waals surface area (Å²) in [6, 6.07) is 7.88. The summed E-state index contributed by atoms with van der Waals surface area (Å²) in [5.74, 6) is 0.435. The van der Waals surface area contributed by atoms with Crippen molar-refractivity contribution in [3.63, 3.8) is 0 Å². The number of hydrogen-bond donors (Lipinski definition) is 1. The third-order valence-corrected chi connectivity index (χ3v) is 4.77. The molecule has 0 saturated heterocycles. The first-order chi connectivity index (χ1) is 13.3. The van der Waals surface area contributed by atoms with Crippen LogP contribution in [0.4, 0.5) is 10.1 Å². The molecular weight excluding hydrogens is 381 g/mol. The van der Waals surface area contributed by atoms with E-state index in [0.717, 1.165) is 33.9 Å². The van der Waals surface area contributed by atoms with Crippen LogP contribution in [-0.2, 0) is 4.79 Å². The molecule has 3 aromatic rings. The van der Waals surface area contributed by atoms with Crippen LogP contribution >= 0.6 is 11.6 Å². The van der Waals surface area contributed by atoms with Crippen molar-refractivity contribution in [1.82, 2.24) is 0 Å². The molecule has 0 spiro atoms. The number of halogens is 2. The molecule has 0 aliphatic carbocycles. The Morgan fingerprint density at radius 3 is 2.71 bits per heavy atom. The van der Waals surface area contributed by atoms with Crippen molar-refractivity contribution in [2.45, 2.75) is 27.7 Å². The normalized spacial score (nSPS) is 11.7. The molecule has 0 bridgehead atoms. The second kappa shape index (κ2) is 8.07. The molecule has 1 N–H and O–H groups in total. The quantitative estimate of drug-likeness (QED) is 0.511. The number of aryl methyl sites for hydroxylation is 2. The average molecular weight is 402 g/mol. The molecule has 0 aliphatic heterocycles. The zero-order valence-corrected chi connectivity index (χ0v) is 16.9. The number of anilines is 1. The largest absolute Gasteiger partial charge is 0.493 e. The molecule has 4 nitrogen and oxygen atoms in total. The maximum Gasteiger partial charge on any atom is 0.248 e. The monoisotopic (exact) mass is 401 g/mol. The minimum Gasteiger partial charge on any atom is -0.493 e. The van der Waals surface area contributed by atoms with Gasteiger partial charge in [-0.05, 0) is 63.1 Å². The molecule has 0 saturated carbocycles. The Hall–Kier alpha value is -2.79. The average Bonchev–Trinajstić information content (AvgIpc) is 2.90. The summed E-state index contributed by atoms with van der Waals surface area (Å²) < 4.78 is 25.4. The fourth-order valence-electron chi connectivity index (χ4n) is 2.99. The van der Waals surface area contributed by atoms with Crippen molar-refractivity contribution >= 4 is 39.7 Å². The van der Waals surface area contributed by atoms with Gasteiger partial charge in [-0.3, -0.25) is 4.79 Å². The Morgan fingerprint density at radius 2 is 2.04 bits per heavy atom. The van der Waals surface area contributed by atoms with Gasteiger partial charge < -0.3 is 14.5 Å². The Morgan fingerprint density at radius 1 is 1.29 bits per heavy atom. The zero-order chi connectivity index (χ0) is 20.4. The molecule has 146 valence electrons. The van der Waals surface area contributed by atoms with Crippen LogP contribution in [0.5, 0.6) is 5.75 Å². The molecule has 0 radical (unpaired) electrons. The van der Waals surface area contributed by atoms with Crippen molar-refractivity contribution in [3.8, 4) is 5.75 Å². The van der Waals surface area contributed by atoms with E-state index in [-0.39, 0.29) is 10.7 Å². The van der Waals surface area contributed by atoms with E-state index in [4.69, 9.17) is 20.8 Å². The van der Waals surface area contributed by atoms with Crippen LogP contribution in [0.3, 0.4) is 0 Å². The third kappa shape index (κ3) is 4.04. The molecule has 0 unspecified atom stereocenters. The molecule has 0 atom stereocenters. The standard InChI is InChI=1S/C22H21ClFNO3/c1-5-27-20-11-21-17(13(3)14(4)28-21)10-16(20)12(2)8-22(26)25-19-7-6-15(23)9-18(19)24/h6-11H,5H2,1-4H3,(H,25,26)/b12-8+. The van der Waals surface area contributed by atoms with Gasteiger partial charge in [-0.1, -0.05) is 11.6 Å². The number of furan rings is 1. The van der Waals surface area contributed by atoms with Crippen molar-refractivity contribution < 1.29 is 18.3 Å². The highest BCUT2D eigenvalue weighted by Crippen LogP contribution is 2.35. The van der Waals surface area contributed by atoms with E-state index < -0.39 is 11.7 Å². The Kier molecular flexibility index (Phi) is 5.75. The first-order valence-corrected chi connectivity index (χ1v) is 9.29. The second-order valence-electron chi connectivity index (χ2n) is 6.50. The maximum atomic E-state index is 13.9. The van der Waals surface area contributed by atoms with Gasteiger partial charge in [-0.25, -0.2) is 4.39 Å². The van der Waals surface area contributed by atoms with E-state index in [0.29, 0.717) is 17.9 Å². The molecule has 1 aromatic heterocycles. The van der Waals surface area contributed by atoms with Crippen LogP contribution in [0.15, 0.2) is 40.8 Å². The van der Waals surface area contributed by atoms with Gasteiger partial charge >= 0.3 is 0 Å². The van der Waals surface area contributed by atoms with E-state index in [1.165, 1.54) is 18.2 Å². The van der Waals surface area contributed by atoms with Crippen LogP contribution < -0.4 is 10.1 Å². The number of carbonyl (C=O) groups excluding carboxylic acids is 1. The molecule has 2 aromatic carbocycles. The van der Waals surface area contributed by atoms with Crippen molar-refractivity contribution in [2.24, 2.45) is 0 Å². The van der Waals surface area contributed by atoms with E-state index in [2.05, 4.69) is 5.32 Å². The smallest absolute Gasteiger partial charge is 0.248 e. The zero-order valence-electron chi connectivity index (χ0n) is 16.2. The van der Waals surface area contributed by atoms with Crippen LogP contribution in [0.25, 0.3) is 16.5 Å². The minimum absolute atomic E-state index is 0.0697. The number of carbonyl (C=O) groups is 1. The predicted molar refractivity (Wildman–Crippen MR) is 111 cm³/mol. The van der Waals surface area contributed by atoms with Gasteiger partial charge in [0.25, 0.3) is 0 Å². The molecule has 0 aliphatic rings. The topological polar surface area (TPSA) is 51.5 Å². The fourth-order valence-corrected chi connectivity index (χ4v) is 3.15. The highest BCUT2D eigenvalue weighted by Gasteiger charge is 2.15. The summed E-state index contributed by atoms with van der Waals surface area (Å²) >= 11 is 5.74. The van der Waals surface area contributed by atoms with E-state index >= 15 is 0 Å². The summed E-state index contributed by atoms with van der Waals surface area (Å²) in [7, 11) is 0. The first-order valence-electron chi connectivity index (χ1n) is 8.91. The number of allylic oxidation sites excluding steroid dienone is 1. The summed E-state index contributed by atoms with van der Waals surface area (Å²) in [6.45, 7) is 8.07. The lowest BCUT2D eigenvalue weighted by Gasteiger charge is -2.11. The highest BCUT2D eigenvalue weighted by molar-refractivity contribution is 6.30. The van der Waals surface area contributed by atoms with Crippen LogP contribution in [0.1, 0.15) is 30.7 Å². The number of fused-ring (bicyclic) bond motifs is 1. The fraction of sp³-hybridized carbons (Fsp3) is 0.227. The lowest BCUT2D eigenvalue weighted by molar-refractivity contribution is -0.111. The lowest BCUT2D eigenvalue weighted by Crippen LogP contribution is -2.10. The number of hydrogen-bond acceptors (Lipinski definition) is 3. The predicted octanol–water partition coefficient (Wildman–Crippen LogP) is 6.28. The van der Waals surface area contributed by atoms with Crippen molar-refractivity contribution in [3.05, 3.63) is 64.1 Å². The van der Waals surface area contributed by atoms with Crippen LogP contribution in [0, 0.1) is 19.7 Å².